The second kappa shape index (κ2) is 8.34. The van der Waals surface area contributed by atoms with Gasteiger partial charge in [-0.2, -0.15) is 0 Å². The lowest BCUT2D eigenvalue weighted by Crippen LogP contribution is -2.46. The highest BCUT2D eigenvalue weighted by Crippen LogP contribution is 2.24. The molecule has 0 spiro atoms. The number of nitrogens with one attached hydrogen (secondary N) is 1. The molecule has 0 aromatic heterocycles. The van der Waals surface area contributed by atoms with Crippen LogP contribution in [0.5, 0.6) is 0 Å². The number of nitrogens with zero attached hydrogens (tertiary/aromatic N) is 2. The Bertz CT molecular complexity index is 645. The van der Waals surface area contributed by atoms with Gasteiger partial charge in [0.2, 0.25) is 17.7 Å². The Labute approximate surface area is 153 Å². The molecule has 25 heavy (non-hydrogen) atoms. The summed E-state index contributed by atoms with van der Waals surface area (Å²) in [6, 6.07) is 6.18. The van der Waals surface area contributed by atoms with E-state index in [0.717, 1.165) is 12.0 Å². The normalized spacial score (nSPS) is 17.9. The van der Waals surface area contributed by atoms with Crippen molar-refractivity contribution in [2.24, 2.45) is 0 Å². The van der Waals surface area contributed by atoms with E-state index in [0.29, 0.717) is 18.0 Å². The maximum absolute atomic E-state index is 12.8. The molecule has 0 radical (unpaired) electrons. The summed E-state index contributed by atoms with van der Waals surface area (Å²) in [5, 5.41) is 3.40. The van der Waals surface area contributed by atoms with Crippen LogP contribution in [0.3, 0.4) is 0 Å². The van der Waals surface area contributed by atoms with Crippen molar-refractivity contribution in [3.8, 4) is 0 Å². The number of rotatable bonds is 5. The Morgan fingerprint density at radius 3 is 2.48 bits per heavy atom. The molecule has 1 fully saturated rings. The number of likely N-dealkylation sites (N-methyl/N-ethyl adjacent to an activating group) is 1. The fourth-order valence-electron chi connectivity index (χ4n) is 3.10. The summed E-state index contributed by atoms with van der Waals surface area (Å²) in [6.07, 6.45) is 1.59. The SMILES string of the molecule is CC(=O)NC(CC(=O)N1CCCC1C(=O)N(C)C)c1ccc(Cl)cc1. The van der Waals surface area contributed by atoms with Gasteiger partial charge in [0.1, 0.15) is 6.04 Å². The van der Waals surface area contributed by atoms with Crippen LogP contribution in [0.1, 0.15) is 37.8 Å². The molecule has 0 bridgehead atoms. The fourth-order valence-corrected chi connectivity index (χ4v) is 3.23. The zero-order valence-electron chi connectivity index (χ0n) is 14.8. The van der Waals surface area contributed by atoms with Crippen LogP contribution >= 0.6 is 11.6 Å². The summed E-state index contributed by atoms with van der Waals surface area (Å²) in [6.45, 7) is 1.98. The van der Waals surface area contributed by atoms with Crippen LogP contribution in [-0.2, 0) is 14.4 Å². The summed E-state index contributed by atoms with van der Waals surface area (Å²) < 4.78 is 0. The average molecular weight is 366 g/mol. The molecule has 2 rings (SSSR count). The molecule has 1 aliphatic heterocycles. The molecular weight excluding hydrogens is 342 g/mol. The summed E-state index contributed by atoms with van der Waals surface area (Å²) in [4.78, 5) is 39.8. The smallest absolute Gasteiger partial charge is 0.244 e. The monoisotopic (exact) mass is 365 g/mol. The molecule has 1 aromatic carbocycles. The molecule has 2 atom stereocenters. The van der Waals surface area contributed by atoms with Crippen LogP contribution in [0.25, 0.3) is 0 Å². The Morgan fingerprint density at radius 1 is 1.28 bits per heavy atom. The summed E-state index contributed by atoms with van der Waals surface area (Å²) in [5.41, 5.74) is 0.808. The molecule has 0 saturated carbocycles. The van der Waals surface area contributed by atoms with E-state index >= 15 is 0 Å². The van der Waals surface area contributed by atoms with Crippen molar-refractivity contribution in [1.29, 1.82) is 0 Å². The number of carbonyl (C=O) groups excluding carboxylic acids is 3. The van der Waals surface area contributed by atoms with Gasteiger partial charge in [-0.15, -0.1) is 0 Å². The van der Waals surface area contributed by atoms with Crippen LogP contribution in [0.4, 0.5) is 0 Å². The zero-order chi connectivity index (χ0) is 18.6. The standard InChI is InChI=1S/C18H24ClN3O3/c1-12(23)20-15(13-6-8-14(19)9-7-13)11-17(24)22-10-4-5-16(22)18(25)21(2)3/h6-9,15-16H,4-5,10-11H2,1-3H3,(H,20,23). The molecule has 1 aliphatic rings. The quantitative estimate of drug-likeness (QED) is 0.867. The molecule has 1 saturated heterocycles. The topological polar surface area (TPSA) is 69.7 Å². The van der Waals surface area contributed by atoms with Crippen molar-refractivity contribution >= 4 is 29.3 Å². The first-order valence-corrected chi connectivity index (χ1v) is 8.70. The number of hydrogen-bond donors (Lipinski definition) is 1. The van der Waals surface area contributed by atoms with Gasteiger partial charge in [0.15, 0.2) is 0 Å². The Kier molecular flexibility index (Phi) is 6.42. The van der Waals surface area contributed by atoms with Gasteiger partial charge in [-0.3, -0.25) is 14.4 Å². The lowest BCUT2D eigenvalue weighted by molar-refractivity contribution is -0.142. The number of carbonyl (C=O) groups is 3. The third-order valence-corrected chi connectivity index (χ3v) is 4.58. The minimum atomic E-state index is -0.446. The van der Waals surface area contributed by atoms with Gasteiger partial charge in [0.05, 0.1) is 12.5 Å². The van der Waals surface area contributed by atoms with E-state index < -0.39 is 12.1 Å². The first-order chi connectivity index (χ1) is 11.8. The highest BCUT2D eigenvalue weighted by molar-refractivity contribution is 6.30. The molecule has 1 N–H and O–H groups in total. The van der Waals surface area contributed by atoms with Crippen molar-refractivity contribution in [1.82, 2.24) is 15.1 Å². The van der Waals surface area contributed by atoms with Gasteiger partial charge in [-0.1, -0.05) is 23.7 Å². The summed E-state index contributed by atoms with van der Waals surface area (Å²) >= 11 is 5.91. The molecular formula is C18H24ClN3O3. The van der Waals surface area contributed by atoms with Crippen LogP contribution < -0.4 is 5.32 Å². The van der Waals surface area contributed by atoms with Gasteiger partial charge in [0, 0.05) is 32.6 Å². The number of likely N-dealkylation sites (tertiary alicyclic amines) is 1. The molecule has 1 aromatic rings. The Balaban J connectivity index is 2.14. The van der Waals surface area contributed by atoms with E-state index in [1.54, 1.807) is 43.3 Å². The first kappa shape index (κ1) is 19.2. The van der Waals surface area contributed by atoms with E-state index in [2.05, 4.69) is 5.32 Å². The molecule has 1 heterocycles. The first-order valence-electron chi connectivity index (χ1n) is 8.32. The average Bonchev–Trinajstić information content (AvgIpc) is 3.03. The predicted octanol–water partition coefficient (Wildman–Crippen LogP) is 1.99. The molecule has 0 aliphatic carbocycles. The van der Waals surface area contributed by atoms with Crippen LogP contribution in [0.15, 0.2) is 24.3 Å². The van der Waals surface area contributed by atoms with Crippen molar-refractivity contribution in [3.05, 3.63) is 34.9 Å². The third kappa shape index (κ3) is 4.95. The van der Waals surface area contributed by atoms with Crippen molar-refractivity contribution in [3.63, 3.8) is 0 Å². The largest absolute Gasteiger partial charge is 0.349 e. The van der Waals surface area contributed by atoms with Gasteiger partial charge in [-0.05, 0) is 30.5 Å². The number of amides is 3. The molecule has 7 heteroatoms. The zero-order valence-corrected chi connectivity index (χ0v) is 15.5. The second-order valence-electron chi connectivity index (χ2n) is 6.49. The van der Waals surface area contributed by atoms with E-state index in [9.17, 15) is 14.4 Å². The highest BCUT2D eigenvalue weighted by Gasteiger charge is 2.35. The van der Waals surface area contributed by atoms with E-state index in [1.165, 1.54) is 11.8 Å². The molecule has 3 amide bonds. The van der Waals surface area contributed by atoms with Gasteiger partial charge in [0.25, 0.3) is 0 Å². The van der Waals surface area contributed by atoms with E-state index in [-0.39, 0.29) is 24.1 Å². The van der Waals surface area contributed by atoms with E-state index in [4.69, 9.17) is 11.6 Å². The minimum absolute atomic E-state index is 0.0616. The second-order valence-corrected chi connectivity index (χ2v) is 6.92. The minimum Gasteiger partial charge on any atom is -0.349 e. The summed E-state index contributed by atoms with van der Waals surface area (Å²) in [7, 11) is 3.38. The highest BCUT2D eigenvalue weighted by atomic mass is 35.5. The van der Waals surface area contributed by atoms with E-state index in [1.807, 2.05) is 0 Å². The summed E-state index contributed by atoms with van der Waals surface area (Å²) in [5.74, 6) is -0.407. The lowest BCUT2D eigenvalue weighted by atomic mass is 10.0. The number of halogens is 1. The van der Waals surface area contributed by atoms with Gasteiger partial charge < -0.3 is 15.1 Å². The molecule has 6 nitrogen and oxygen atoms in total. The maximum Gasteiger partial charge on any atom is 0.244 e. The van der Waals surface area contributed by atoms with Crippen molar-refractivity contribution in [2.75, 3.05) is 20.6 Å². The number of hydrogen-bond acceptors (Lipinski definition) is 3. The maximum atomic E-state index is 12.8. The van der Waals surface area contributed by atoms with Crippen molar-refractivity contribution < 1.29 is 14.4 Å². The third-order valence-electron chi connectivity index (χ3n) is 4.33. The number of benzene rings is 1. The fraction of sp³-hybridized carbons (Fsp3) is 0.500. The molecule has 2 unspecified atom stereocenters. The lowest BCUT2D eigenvalue weighted by Gasteiger charge is -2.28. The van der Waals surface area contributed by atoms with Crippen LogP contribution in [0.2, 0.25) is 5.02 Å². The van der Waals surface area contributed by atoms with Crippen LogP contribution in [-0.4, -0.2) is 54.2 Å². The predicted molar refractivity (Wildman–Crippen MR) is 96.1 cm³/mol. The Morgan fingerprint density at radius 2 is 1.92 bits per heavy atom. The van der Waals surface area contributed by atoms with Gasteiger partial charge >= 0.3 is 0 Å². The van der Waals surface area contributed by atoms with Crippen LogP contribution in [0, 0.1) is 0 Å². The Hall–Kier alpha value is -2.08. The van der Waals surface area contributed by atoms with Crippen molar-refractivity contribution in [2.45, 2.75) is 38.3 Å². The van der Waals surface area contributed by atoms with Gasteiger partial charge in [-0.25, -0.2) is 0 Å². The molecule has 136 valence electrons.